The molecule has 1 fully saturated rings. The van der Waals surface area contributed by atoms with E-state index in [4.69, 9.17) is 4.74 Å². The number of hydrogen-bond donors (Lipinski definition) is 3. The van der Waals surface area contributed by atoms with Gasteiger partial charge in [-0.2, -0.15) is 13.2 Å². The number of hydrogen-bond acceptors (Lipinski definition) is 6. The molecule has 3 N–H and O–H groups in total. The van der Waals surface area contributed by atoms with E-state index in [1.165, 1.54) is 7.11 Å². The van der Waals surface area contributed by atoms with E-state index in [0.29, 0.717) is 28.0 Å². The summed E-state index contributed by atoms with van der Waals surface area (Å²) in [6, 6.07) is 11.6. The third-order valence-corrected chi connectivity index (χ3v) is 6.47. The zero-order valence-electron chi connectivity index (χ0n) is 19.0. The summed E-state index contributed by atoms with van der Waals surface area (Å²) in [5.41, 5.74) is 4.51. The highest BCUT2D eigenvalue weighted by Gasteiger charge is 2.58. The molecule has 1 aromatic heterocycles. The van der Waals surface area contributed by atoms with Gasteiger partial charge in [-0.1, -0.05) is 36.4 Å². The number of allylic oxidation sites excluding steroid dienone is 1. The summed E-state index contributed by atoms with van der Waals surface area (Å²) in [5.74, 6) is -0.978. The van der Waals surface area contributed by atoms with Crippen LogP contribution in [-0.4, -0.2) is 57.7 Å². The molecule has 2 aliphatic heterocycles. The molecule has 3 aromatic rings. The molecule has 184 valence electrons. The van der Waals surface area contributed by atoms with Crippen molar-refractivity contribution in [3.05, 3.63) is 65.6 Å². The summed E-state index contributed by atoms with van der Waals surface area (Å²) in [6.07, 6.45) is -5.55. The third kappa shape index (κ3) is 3.71. The van der Waals surface area contributed by atoms with Crippen LogP contribution in [0.25, 0.3) is 16.6 Å². The summed E-state index contributed by atoms with van der Waals surface area (Å²) >= 11 is 0. The second kappa shape index (κ2) is 8.58. The van der Waals surface area contributed by atoms with Crippen LogP contribution in [0.5, 0.6) is 5.75 Å². The van der Waals surface area contributed by atoms with Crippen LogP contribution in [0.15, 0.2) is 54.2 Å². The maximum atomic E-state index is 14.1. The molecular weight excluding hydrogens is 463 g/mol. The summed E-state index contributed by atoms with van der Waals surface area (Å²) < 4.78 is 49.3. The van der Waals surface area contributed by atoms with E-state index in [9.17, 15) is 23.1 Å². The van der Waals surface area contributed by atoms with Crippen molar-refractivity contribution in [3.8, 4) is 5.75 Å². The van der Waals surface area contributed by atoms with Crippen LogP contribution in [0, 0.1) is 0 Å². The third-order valence-electron chi connectivity index (χ3n) is 6.47. The van der Waals surface area contributed by atoms with E-state index in [0.717, 1.165) is 5.01 Å². The quantitative estimate of drug-likeness (QED) is 0.513. The first-order chi connectivity index (χ1) is 16.8. The lowest BCUT2D eigenvalue weighted by molar-refractivity contribution is -0.161. The lowest BCUT2D eigenvalue weighted by Gasteiger charge is -2.35. The molecule has 3 atom stereocenters. The summed E-state index contributed by atoms with van der Waals surface area (Å²) in [7, 11) is 1.50. The summed E-state index contributed by atoms with van der Waals surface area (Å²) in [5, 5.41) is 13.8. The number of imidazole rings is 1. The predicted octanol–water partition coefficient (Wildman–Crippen LogP) is 2.76. The van der Waals surface area contributed by atoms with Crippen molar-refractivity contribution in [2.45, 2.75) is 37.8 Å². The molecule has 5 rings (SSSR count). The van der Waals surface area contributed by atoms with Crippen molar-refractivity contribution in [1.82, 2.24) is 25.3 Å². The fraction of sp³-hybridized carbons (Fsp3) is 0.333. The summed E-state index contributed by atoms with van der Waals surface area (Å²) in [4.78, 5) is 18.3. The van der Waals surface area contributed by atoms with Crippen LogP contribution in [0.2, 0.25) is 0 Å². The molecule has 1 saturated heterocycles. The van der Waals surface area contributed by atoms with Gasteiger partial charge in [0.2, 0.25) is 0 Å². The first-order valence-corrected chi connectivity index (χ1v) is 11.1. The van der Waals surface area contributed by atoms with Crippen LogP contribution >= 0.6 is 0 Å². The molecule has 0 aliphatic carbocycles. The molecule has 3 heterocycles. The maximum Gasteiger partial charge on any atom is 0.406 e. The average molecular weight is 487 g/mol. The normalized spacial score (nSPS) is 22.5. The molecule has 0 bridgehead atoms. The number of methoxy groups -OCH3 is 1. The van der Waals surface area contributed by atoms with Crippen LogP contribution in [0.3, 0.4) is 0 Å². The fourth-order valence-corrected chi connectivity index (χ4v) is 4.96. The number of nitrogens with one attached hydrogen (secondary N) is 2. The van der Waals surface area contributed by atoms with E-state index >= 15 is 0 Å². The Morgan fingerprint density at radius 1 is 1.14 bits per heavy atom. The fourth-order valence-electron chi connectivity index (χ4n) is 4.96. The number of carbonyl (C=O) groups excluding carboxylic acids is 1. The van der Waals surface area contributed by atoms with E-state index < -0.39 is 30.2 Å². The van der Waals surface area contributed by atoms with Crippen molar-refractivity contribution >= 4 is 22.5 Å². The monoisotopic (exact) mass is 487 g/mol. The first-order valence-electron chi connectivity index (χ1n) is 11.1. The van der Waals surface area contributed by atoms with Gasteiger partial charge in [0.1, 0.15) is 34.9 Å². The van der Waals surface area contributed by atoms with Crippen molar-refractivity contribution in [2.24, 2.45) is 0 Å². The highest BCUT2D eigenvalue weighted by atomic mass is 19.4. The number of halogens is 3. The highest BCUT2D eigenvalue weighted by molar-refractivity contribution is 6.20. The van der Waals surface area contributed by atoms with Crippen LogP contribution < -0.4 is 15.5 Å². The minimum atomic E-state index is -4.59. The average Bonchev–Trinajstić information content (AvgIpc) is 3.39. The molecule has 0 spiro atoms. The minimum Gasteiger partial charge on any atom is -0.494 e. The number of aromatic nitrogens is 2. The number of nitrogens with zero attached hydrogens (tertiary/aromatic N) is 3. The molecule has 0 radical (unpaired) electrons. The Morgan fingerprint density at radius 2 is 1.89 bits per heavy atom. The topological polar surface area (TPSA) is 91.7 Å². The maximum absolute atomic E-state index is 14.1. The molecule has 35 heavy (non-hydrogen) atoms. The predicted molar refractivity (Wildman–Crippen MR) is 122 cm³/mol. The van der Waals surface area contributed by atoms with Gasteiger partial charge in [0.15, 0.2) is 0 Å². The minimum absolute atomic E-state index is 0.120. The van der Waals surface area contributed by atoms with Gasteiger partial charge >= 0.3 is 6.18 Å². The van der Waals surface area contributed by atoms with E-state index in [2.05, 4.69) is 15.7 Å². The number of fused-ring (bicyclic) bond motifs is 2. The van der Waals surface area contributed by atoms with E-state index in [1.807, 2.05) is 0 Å². The van der Waals surface area contributed by atoms with Gasteiger partial charge < -0.3 is 19.7 Å². The van der Waals surface area contributed by atoms with Gasteiger partial charge in [0.25, 0.3) is 5.91 Å². The molecule has 3 unspecified atom stereocenters. The Kier molecular flexibility index (Phi) is 5.68. The molecule has 2 aromatic carbocycles. The Hall–Kier alpha value is -3.57. The number of hydrazine groups is 1. The summed E-state index contributed by atoms with van der Waals surface area (Å²) in [6.45, 7) is 1.56. The zero-order chi connectivity index (χ0) is 24.9. The standard InChI is InChI=1S/C24H24F3N5O3/c1-13-17(21-29-19-15(31(21)11-12-33)9-6-10-16(19)35-2)23(34)32-22(28-13)18(14-7-4-3-5-8-14)20(30-32)24(25,26)27/h3-10,18,20,22,28,30,33H,11-12H2,1-2H3. The second-order valence-electron chi connectivity index (χ2n) is 8.49. The van der Waals surface area contributed by atoms with Crippen LogP contribution in [0.4, 0.5) is 13.2 Å². The number of rotatable bonds is 5. The lowest BCUT2D eigenvalue weighted by Crippen LogP contribution is -2.54. The van der Waals surface area contributed by atoms with E-state index in [1.54, 1.807) is 60.0 Å². The molecule has 1 amide bonds. The number of para-hydroxylation sites is 1. The van der Waals surface area contributed by atoms with Crippen molar-refractivity contribution in [2.75, 3.05) is 13.7 Å². The Morgan fingerprint density at radius 3 is 2.54 bits per heavy atom. The Bertz CT molecular complexity index is 1300. The Balaban J connectivity index is 1.63. The number of benzene rings is 2. The van der Waals surface area contributed by atoms with Gasteiger partial charge in [-0.05, 0) is 24.6 Å². The van der Waals surface area contributed by atoms with Gasteiger partial charge in [0, 0.05) is 12.2 Å². The largest absolute Gasteiger partial charge is 0.494 e. The number of alkyl halides is 3. The van der Waals surface area contributed by atoms with Crippen molar-refractivity contribution in [1.29, 1.82) is 0 Å². The van der Waals surface area contributed by atoms with E-state index in [-0.39, 0.29) is 24.5 Å². The van der Waals surface area contributed by atoms with Crippen LogP contribution in [-0.2, 0) is 11.3 Å². The molecule has 11 heteroatoms. The molecule has 2 aliphatic rings. The first kappa shape index (κ1) is 23.2. The van der Waals surface area contributed by atoms with Crippen molar-refractivity contribution in [3.63, 3.8) is 0 Å². The van der Waals surface area contributed by atoms with Gasteiger partial charge in [-0.15, -0.1) is 0 Å². The second-order valence-corrected chi connectivity index (χ2v) is 8.49. The number of amides is 1. The zero-order valence-corrected chi connectivity index (χ0v) is 19.0. The number of ether oxygens (including phenoxy) is 1. The van der Waals surface area contributed by atoms with Gasteiger partial charge in [0.05, 0.1) is 25.2 Å². The molecule has 0 saturated carbocycles. The Labute approximate surface area is 199 Å². The van der Waals surface area contributed by atoms with Gasteiger partial charge in [-0.3, -0.25) is 4.79 Å². The number of carbonyl (C=O) groups is 1. The lowest BCUT2D eigenvalue weighted by atomic mass is 9.89. The van der Waals surface area contributed by atoms with Gasteiger partial charge in [-0.25, -0.2) is 15.4 Å². The smallest absolute Gasteiger partial charge is 0.406 e. The number of aliphatic hydroxyl groups excluding tert-OH is 1. The molecular formula is C24H24F3N5O3. The number of aliphatic hydroxyl groups is 1. The molecule has 8 nitrogen and oxygen atoms in total. The van der Waals surface area contributed by atoms with Crippen LogP contribution in [0.1, 0.15) is 24.2 Å². The van der Waals surface area contributed by atoms with Crippen molar-refractivity contribution < 1.29 is 27.8 Å². The highest BCUT2D eigenvalue weighted by Crippen LogP contribution is 2.42. The SMILES string of the molecule is COc1cccc2c1nc(C1=C(C)NC3C(c4ccccc4)C(C(F)(F)F)NN3C1=O)n2CCO.